The predicted molar refractivity (Wildman–Crippen MR) is 168 cm³/mol. The van der Waals surface area contributed by atoms with Crippen molar-refractivity contribution in [3.05, 3.63) is 88.0 Å². The first kappa shape index (κ1) is 29.9. The molecule has 2 atom stereocenters. The van der Waals surface area contributed by atoms with Crippen LogP contribution >= 0.6 is 0 Å². The second-order valence-electron chi connectivity index (χ2n) is 12.7. The number of carbonyl (C=O) groups is 1. The molecule has 3 aromatic rings. The summed E-state index contributed by atoms with van der Waals surface area (Å²) in [6.45, 7) is 4.52. The minimum atomic E-state index is -3.05. The first-order chi connectivity index (χ1) is 20.6. The van der Waals surface area contributed by atoms with Crippen molar-refractivity contribution in [1.29, 1.82) is 0 Å². The molecule has 0 bridgehead atoms. The number of rotatable bonds is 9. The fourth-order valence-corrected chi connectivity index (χ4v) is 8.35. The molecule has 0 spiro atoms. The first-order valence-corrected chi connectivity index (χ1v) is 17.5. The van der Waals surface area contributed by atoms with Gasteiger partial charge in [0.25, 0.3) is 0 Å². The largest absolute Gasteiger partial charge is 0.491 e. The van der Waals surface area contributed by atoms with Crippen molar-refractivity contribution < 1.29 is 27.8 Å². The molecule has 6 nitrogen and oxygen atoms in total. The van der Waals surface area contributed by atoms with Crippen LogP contribution in [0.15, 0.2) is 54.6 Å². The lowest BCUT2D eigenvalue weighted by Crippen LogP contribution is -2.43. The number of aryl methyl sites for hydroxylation is 5. The van der Waals surface area contributed by atoms with Crippen LogP contribution in [0.25, 0.3) is 11.1 Å². The van der Waals surface area contributed by atoms with E-state index in [0.29, 0.717) is 12.5 Å². The monoisotopic (exact) mass is 602 g/mol. The maximum atomic E-state index is 12.0. The summed E-state index contributed by atoms with van der Waals surface area (Å²) in [5.41, 5.74) is 9.12. The first-order valence-electron chi connectivity index (χ1n) is 15.7. The third kappa shape index (κ3) is 6.83. The van der Waals surface area contributed by atoms with Crippen molar-refractivity contribution in [2.75, 3.05) is 24.7 Å². The van der Waals surface area contributed by atoms with E-state index in [1.165, 1.54) is 38.9 Å². The van der Waals surface area contributed by atoms with E-state index in [4.69, 9.17) is 9.47 Å². The normalized spacial score (nSPS) is 21.7. The highest BCUT2D eigenvalue weighted by Crippen LogP contribution is 2.48. The van der Waals surface area contributed by atoms with Gasteiger partial charge in [0.15, 0.2) is 9.84 Å². The number of aliphatic hydroxyl groups is 1. The average molecular weight is 603 g/mol. The Labute approximate surface area is 255 Å². The number of esters is 1. The zero-order valence-electron chi connectivity index (χ0n) is 25.2. The minimum Gasteiger partial charge on any atom is -0.491 e. The Bertz CT molecular complexity index is 1590. The van der Waals surface area contributed by atoms with Crippen molar-refractivity contribution in [3.8, 4) is 16.9 Å². The van der Waals surface area contributed by atoms with Crippen LogP contribution in [-0.2, 0) is 45.1 Å². The van der Waals surface area contributed by atoms with Crippen LogP contribution in [0.4, 0.5) is 0 Å². The van der Waals surface area contributed by atoms with E-state index in [1.807, 2.05) is 6.92 Å². The van der Waals surface area contributed by atoms with E-state index in [-0.39, 0.29) is 42.8 Å². The number of hydrogen-bond donors (Lipinski definition) is 1. The van der Waals surface area contributed by atoms with Gasteiger partial charge < -0.3 is 14.6 Å². The topological polar surface area (TPSA) is 89.9 Å². The molecule has 0 amide bonds. The summed E-state index contributed by atoms with van der Waals surface area (Å²) in [6.07, 6.45) is 6.28. The molecule has 6 rings (SSSR count). The van der Waals surface area contributed by atoms with E-state index >= 15 is 0 Å². The molecule has 2 aliphatic carbocycles. The summed E-state index contributed by atoms with van der Waals surface area (Å²) >= 11 is 0. The summed E-state index contributed by atoms with van der Waals surface area (Å²) in [5.74, 6) is 1.00. The maximum absolute atomic E-state index is 12.0. The quantitative estimate of drug-likeness (QED) is 0.306. The minimum absolute atomic E-state index is 0.0124. The van der Waals surface area contributed by atoms with Gasteiger partial charge >= 0.3 is 5.97 Å². The van der Waals surface area contributed by atoms with Crippen molar-refractivity contribution in [1.82, 2.24) is 0 Å². The summed E-state index contributed by atoms with van der Waals surface area (Å²) in [6, 6.07) is 19.8. The van der Waals surface area contributed by atoms with Gasteiger partial charge in [0.1, 0.15) is 18.0 Å². The molecular formula is C36H42O6S. The third-order valence-electron chi connectivity index (χ3n) is 9.48. The van der Waals surface area contributed by atoms with Crippen molar-refractivity contribution in [2.45, 2.75) is 76.7 Å². The second-order valence-corrected chi connectivity index (χ2v) is 15.0. The molecule has 0 radical (unpaired) electrons. The average Bonchev–Trinajstić information content (AvgIpc) is 3.81. The molecule has 43 heavy (non-hydrogen) atoms. The molecule has 1 N–H and O–H groups in total. The van der Waals surface area contributed by atoms with Crippen LogP contribution in [-0.4, -0.2) is 49.8 Å². The van der Waals surface area contributed by atoms with Gasteiger partial charge in [-0.1, -0.05) is 42.5 Å². The fourth-order valence-electron chi connectivity index (χ4n) is 6.76. The molecule has 3 aromatic carbocycles. The number of sulfone groups is 1. The molecule has 1 saturated carbocycles. The molecule has 2 fully saturated rings. The number of hydrogen-bond acceptors (Lipinski definition) is 6. The van der Waals surface area contributed by atoms with Gasteiger partial charge in [-0.3, -0.25) is 4.79 Å². The lowest BCUT2D eigenvalue weighted by atomic mass is 9.90. The van der Waals surface area contributed by atoms with Crippen molar-refractivity contribution >= 4 is 15.8 Å². The standard InChI is InChI=1S/C36H42O6S/c1-3-41-35(37)33-22-31(33)28-12-9-25(10-13-28)7-8-26-11-14-27-5-4-6-29-21-30(19-24(2)34(29)32(27)20-26)42-23-36(38)15-17-43(39,40)18-16-36/h9-14,19-21,31,33,38H,3-8,15-18,22-23H2,1-2H3/t31-,33+/m1/s1. The van der Waals surface area contributed by atoms with Crippen LogP contribution in [0, 0.1) is 12.8 Å². The van der Waals surface area contributed by atoms with Gasteiger partial charge in [0.05, 0.1) is 24.0 Å². The molecule has 1 aliphatic heterocycles. The van der Waals surface area contributed by atoms with Crippen LogP contribution in [0.1, 0.15) is 71.9 Å². The van der Waals surface area contributed by atoms with Crippen LogP contribution in [0.3, 0.4) is 0 Å². The highest BCUT2D eigenvalue weighted by Gasteiger charge is 2.45. The molecule has 0 aromatic heterocycles. The summed E-state index contributed by atoms with van der Waals surface area (Å²) < 4.78 is 34.9. The molecule has 1 heterocycles. The van der Waals surface area contributed by atoms with E-state index in [0.717, 1.165) is 49.8 Å². The SMILES string of the molecule is CCOC(=O)[C@H]1C[C@@H]1c1ccc(CCc2ccc3c(c2)-c2c(C)cc(OCC4(O)CCS(=O)(=O)CC4)cc2CCC3)cc1. The van der Waals surface area contributed by atoms with E-state index < -0.39 is 15.4 Å². The molecule has 3 aliphatic rings. The molecular weight excluding hydrogens is 560 g/mol. The number of benzene rings is 3. The van der Waals surface area contributed by atoms with Crippen LogP contribution in [0.2, 0.25) is 0 Å². The zero-order valence-corrected chi connectivity index (χ0v) is 26.0. The molecule has 7 heteroatoms. The smallest absolute Gasteiger partial charge is 0.309 e. The zero-order chi connectivity index (χ0) is 30.2. The molecule has 1 saturated heterocycles. The van der Waals surface area contributed by atoms with E-state index in [9.17, 15) is 18.3 Å². The van der Waals surface area contributed by atoms with Gasteiger partial charge in [0, 0.05) is 0 Å². The molecule has 0 unspecified atom stereocenters. The Morgan fingerprint density at radius 1 is 0.953 bits per heavy atom. The lowest BCUT2D eigenvalue weighted by molar-refractivity contribution is -0.144. The Hall–Kier alpha value is -3.16. The third-order valence-corrected chi connectivity index (χ3v) is 11.1. The number of carbonyl (C=O) groups excluding carboxylic acids is 1. The highest BCUT2D eigenvalue weighted by atomic mass is 32.2. The summed E-state index contributed by atoms with van der Waals surface area (Å²) in [7, 11) is -3.05. The Balaban J connectivity index is 1.13. The van der Waals surface area contributed by atoms with Gasteiger partial charge in [-0.05, 0) is 128 Å². The van der Waals surface area contributed by atoms with Crippen LogP contribution in [0.5, 0.6) is 5.75 Å². The van der Waals surface area contributed by atoms with Gasteiger partial charge in [-0.15, -0.1) is 0 Å². The fraction of sp³-hybridized carbons (Fsp3) is 0.472. The van der Waals surface area contributed by atoms with Gasteiger partial charge in [0.2, 0.25) is 0 Å². The van der Waals surface area contributed by atoms with Gasteiger partial charge in [-0.2, -0.15) is 0 Å². The Kier molecular flexibility index (Phi) is 8.40. The van der Waals surface area contributed by atoms with E-state index in [2.05, 4.69) is 61.5 Å². The Morgan fingerprint density at radius 2 is 1.65 bits per heavy atom. The summed E-state index contributed by atoms with van der Waals surface area (Å²) in [4.78, 5) is 12.0. The second kappa shape index (κ2) is 12.1. The lowest BCUT2D eigenvalue weighted by Gasteiger charge is -2.31. The summed E-state index contributed by atoms with van der Waals surface area (Å²) in [5, 5.41) is 10.9. The maximum Gasteiger partial charge on any atom is 0.309 e. The predicted octanol–water partition coefficient (Wildman–Crippen LogP) is 5.92. The van der Waals surface area contributed by atoms with Gasteiger partial charge in [-0.25, -0.2) is 8.42 Å². The van der Waals surface area contributed by atoms with Crippen molar-refractivity contribution in [3.63, 3.8) is 0 Å². The molecule has 228 valence electrons. The van der Waals surface area contributed by atoms with Crippen LogP contribution < -0.4 is 4.74 Å². The van der Waals surface area contributed by atoms with Crippen molar-refractivity contribution in [2.24, 2.45) is 5.92 Å². The Morgan fingerprint density at radius 3 is 2.40 bits per heavy atom. The number of ether oxygens (including phenoxy) is 2. The highest BCUT2D eigenvalue weighted by molar-refractivity contribution is 7.91. The number of fused-ring (bicyclic) bond motifs is 3. The van der Waals surface area contributed by atoms with E-state index in [1.54, 1.807) is 0 Å².